The van der Waals surface area contributed by atoms with Gasteiger partial charge in [-0.1, -0.05) is 0 Å². The molecular weight excluding hydrogens is 132 g/mol. The molecule has 0 bridgehead atoms. The number of carbonyl (C=O) groups is 1. The third-order valence-electron chi connectivity index (χ3n) is 1.48. The SMILES string of the molecule is CNC(=O)C1COCCN1. The molecule has 1 rings (SSSR count). The van der Waals surface area contributed by atoms with E-state index in [1.54, 1.807) is 7.05 Å². The summed E-state index contributed by atoms with van der Waals surface area (Å²) in [6, 6.07) is -0.154. The number of amides is 1. The van der Waals surface area contributed by atoms with E-state index in [2.05, 4.69) is 10.6 Å². The molecule has 1 amide bonds. The molecule has 1 heterocycles. The Morgan fingerprint density at radius 1 is 1.80 bits per heavy atom. The van der Waals surface area contributed by atoms with Gasteiger partial charge in [-0.3, -0.25) is 4.79 Å². The average Bonchev–Trinajstić information content (AvgIpc) is 2.05. The molecule has 0 saturated carbocycles. The third kappa shape index (κ3) is 1.68. The first-order chi connectivity index (χ1) is 4.84. The lowest BCUT2D eigenvalue weighted by Crippen LogP contribution is -2.50. The number of nitrogens with one attached hydrogen (secondary N) is 2. The quantitative estimate of drug-likeness (QED) is 0.482. The van der Waals surface area contributed by atoms with Gasteiger partial charge in [0.1, 0.15) is 6.04 Å². The number of rotatable bonds is 1. The summed E-state index contributed by atoms with van der Waals surface area (Å²) in [6.45, 7) is 1.95. The summed E-state index contributed by atoms with van der Waals surface area (Å²) in [5.41, 5.74) is 0. The van der Waals surface area contributed by atoms with Gasteiger partial charge < -0.3 is 15.4 Å². The molecule has 1 atom stereocenters. The Labute approximate surface area is 59.9 Å². The number of likely N-dealkylation sites (N-methyl/N-ethyl adjacent to an activating group) is 1. The highest BCUT2D eigenvalue weighted by molar-refractivity contribution is 5.81. The van der Waals surface area contributed by atoms with Crippen LogP contribution < -0.4 is 10.6 Å². The summed E-state index contributed by atoms with van der Waals surface area (Å²) in [5.74, 6) is -0.000278. The van der Waals surface area contributed by atoms with Gasteiger partial charge in [-0.25, -0.2) is 0 Å². The maximum Gasteiger partial charge on any atom is 0.239 e. The van der Waals surface area contributed by atoms with Crippen LogP contribution >= 0.6 is 0 Å². The minimum absolute atomic E-state index is 0.000278. The van der Waals surface area contributed by atoms with Crippen LogP contribution in [-0.4, -0.2) is 38.8 Å². The lowest BCUT2D eigenvalue weighted by molar-refractivity contribution is -0.125. The molecule has 0 aromatic carbocycles. The smallest absolute Gasteiger partial charge is 0.239 e. The van der Waals surface area contributed by atoms with Crippen molar-refractivity contribution in [2.24, 2.45) is 0 Å². The van der Waals surface area contributed by atoms with Crippen LogP contribution in [0.15, 0.2) is 0 Å². The van der Waals surface area contributed by atoms with E-state index in [4.69, 9.17) is 4.74 Å². The summed E-state index contributed by atoms with van der Waals surface area (Å²) in [5, 5.41) is 5.59. The minimum Gasteiger partial charge on any atom is -0.378 e. The Morgan fingerprint density at radius 3 is 3.10 bits per heavy atom. The van der Waals surface area contributed by atoms with Crippen molar-refractivity contribution in [3.63, 3.8) is 0 Å². The normalized spacial score (nSPS) is 25.9. The predicted molar refractivity (Wildman–Crippen MR) is 36.7 cm³/mol. The molecule has 0 spiro atoms. The van der Waals surface area contributed by atoms with Gasteiger partial charge in [0.15, 0.2) is 0 Å². The van der Waals surface area contributed by atoms with Crippen LogP contribution in [0.25, 0.3) is 0 Å². The van der Waals surface area contributed by atoms with E-state index >= 15 is 0 Å². The Kier molecular flexibility index (Phi) is 2.65. The fourth-order valence-corrected chi connectivity index (χ4v) is 0.908. The van der Waals surface area contributed by atoms with Crippen molar-refractivity contribution in [3.8, 4) is 0 Å². The second kappa shape index (κ2) is 3.53. The largest absolute Gasteiger partial charge is 0.378 e. The van der Waals surface area contributed by atoms with Crippen LogP contribution in [0, 0.1) is 0 Å². The zero-order valence-electron chi connectivity index (χ0n) is 6.02. The monoisotopic (exact) mass is 144 g/mol. The van der Waals surface area contributed by atoms with E-state index in [9.17, 15) is 4.79 Å². The lowest BCUT2D eigenvalue weighted by atomic mass is 10.2. The molecule has 10 heavy (non-hydrogen) atoms. The maximum atomic E-state index is 10.9. The molecule has 0 aromatic rings. The van der Waals surface area contributed by atoms with Crippen molar-refractivity contribution in [2.45, 2.75) is 6.04 Å². The van der Waals surface area contributed by atoms with Gasteiger partial charge >= 0.3 is 0 Å². The first-order valence-electron chi connectivity index (χ1n) is 3.37. The van der Waals surface area contributed by atoms with Gasteiger partial charge in [0, 0.05) is 13.6 Å². The second-order valence-electron chi connectivity index (χ2n) is 2.20. The van der Waals surface area contributed by atoms with E-state index in [0.29, 0.717) is 13.2 Å². The zero-order chi connectivity index (χ0) is 7.40. The Hall–Kier alpha value is -0.610. The molecule has 1 saturated heterocycles. The number of carbonyl (C=O) groups excluding carboxylic acids is 1. The summed E-state index contributed by atoms with van der Waals surface area (Å²) in [4.78, 5) is 10.9. The van der Waals surface area contributed by atoms with E-state index in [1.165, 1.54) is 0 Å². The summed E-state index contributed by atoms with van der Waals surface area (Å²) in [7, 11) is 1.62. The fourth-order valence-electron chi connectivity index (χ4n) is 0.908. The van der Waals surface area contributed by atoms with Crippen LogP contribution in [0.3, 0.4) is 0 Å². The molecule has 4 nitrogen and oxygen atoms in total. The summed E-state index contributed by atoms with van der Waals surface area (Å²) < 4.78 is 5.08. The zero-order valence-corrected chi connectivity index (χ0v) is 6.02. The third-order valence-corrected chi connectivity index (χ3v) is 1.48. The predicted octanol–water partition coefficient (Wildman–Crippen LogP) is -1.28. The molecule has 1 fully saturated rings. The second-order valence-corrected chi connectivity index (χ2v) is 2.20. The Balaban J connectivity index is 2.31. The molecule has 1 unspecified atom stereocenters. The van der Waals surface area contributed by atoms with E-state index in [0.717, 1.165) is 6.54 Å². The molecule has 0 radical (unpaired) electrons. The highest BCUT2D eigenvalue weighted by Gasteiger charge is 2.18. The molecular formula is C6H12N2O2. The molecule has 1 aliphatic rings. The van der Waals surface area contributed by atoms with E-state index in [1.807, 2.05) is 0 Å². The van der Waals surface area contributed by atoms with Crippen LogP contribution in [-0.2, 0) is 9.53 Å². The Morgan fingerprint density at radius 2 is 2.60 bits per heavy atom. The van der Waals surface area contributed by atoms with Crippen molar-refractivity contribution >= 4 is 5.91 Å². The van der Waals surface area contributed by atoms with Crippen LogP contribution in [0.1, 0.15) is 0 Å². The van der Waals surface area contributed by atoms with Crippen LogP contribution in [0.4, 0.5) is 0 Å². The van der Waals surface area contributed by atoms with E-state index in [-0.39, 0.29) is 11.9 Å². The molecule has 2 N–H and O–H groups in total. The van der Waals surface area contributed by atoms with Gasteiger partial charge in [-0.05, 0) is 0 Å². The van der Waals surface area contributed by atoms with Gasteiger partial charge in [0.25, 0.3) is 0 Å². The first kappa shape index (κ1) is 7.50. The van der Waals surface area contributed by atoms with E-state index < -0.39 is 0 Å². The molecule has 0 aliphatic carbocycles. The summed E-state index contributed by atoms with van der Waals surface area (Å²) in [6.07, 6.45) is 0. The van der Waals surface area contributed by atoms with Gasteiger partial charge in [-0.15, -0.1) is 0 Å². The number of hydrogen-bond acceptors (Lipinski definition) is 3. The van der Waals surface area contributed by atoms with Gasteiger partial charge in [0.2, 0.25) is 5.91 Å². The molecule has 58 valence electrons. The average molecular weight is 144 g/mol. The van der Waals surface area contributed by atoms with Crippen molar-refractivity contribution < 1.29 is 9.53 Å². The standard InChI is InChI=1S/C6H12N2O2/c1-7-6(9)5-4-10-3-2-8-5/h5,8H,2-4H2,1H3,(H,7,9). The van der Waals surface area contributed by atoms with Crippen LogP contribution in [0.2, 0.25) is 0 Å². The first-order valence-corrected chi connectivity index (χ1v) is 3.37. The highest BCUT2D eigenvalue weighted by Crippen LogP contribution is 1.91. The van der Waals surface area contributed by atoms with Gasteiger partial charge in [-0.2, -0.15) is 0 Å². The lowest BCUT2D eigenvalue weighted by Gasteiger charge is -2.21. The van der Waals surface area contributed by atoms with Crippen molar-refractivity contribution in [3.05, 3.63) is 0 Å². The summed E-state index contributed by atoms with van der Waals surface area (Å²) >= 11 is 0. The molecule has 1 aliphatic heterocycles. The molecule has 0 aromatic heterocycles. The number of morpholine rings is 1. The maximum absolute atomic E-state index is 10.9. The van der Waals surface area contributed by atoms with Crippen molar-refractivity contribution in [1.82, 2.24) is 10.6 Å². The fraction of sp³-hybridized carbons (Fsp3) is 0.833. The van der Waals surface area contributed by atoms with Crippen molar-refractivity contribution in [2.75, 3.05) is 26.8 Å². The highest BCUT2D eigenvalue weighted by atomic mass is 16.5. The molecule has 4 heteroatoms. The van der Waals surface area contributed by atoms with Gasteiger partial charge in [0.05, 0.1) is 13.2 Å². The number of hydrogen-bond donors (Lipinski definition) is 2. The van der Waals surface area contributed by atoms with Crippen molar-refractivity contribution in [1.29, 1.82) is 0 Å². The minimum atomic E-state index is -0.154. The van der Waals surface area contributed by atoms with Crippen LogP contribution in [0.5, 0.6) is 0 Å². The topological polar surface area (TPSA) is 50.4 Å². The Bertz CT molecular complexity index is 121. The number of ether oxygens (including phenoxy) is 1.